The molecule has 1 aromatic rings. The molecule has 1 amide bonds. The number of hydrogen-bond acceptors (Lipinski definition) is 3. The van der Waals surface area contributed by atoms with E-state index in [1.54, 1.807) is 18.2 Å². The molecule has 19 heavy (non-hydrogen) atoms. The van der Waals surface area contributed by atoms with Crippen molar-refractivity contribution in [3.63, 3.8) is 0 Å². The van der Waals surface area contributed by atoms with Gasteiger partial charge in [0.15, 0.2) is 0 Å². The zero-order valence-electron chi connectivity index (χ0n) is 10.6. The number of phenols is 1. The van der Waals surface area contributed by atoms with Gasteiger partial charge in [-0.15, -0.1) is 0 Å². The molecule has 0 spiro atoms. The Morgan fingerprint density at radius 2 is 2.11 bits per heavy atom. The van der Waals surface area contributed by atoms with Crippen molar-refractivity contribution >= 4 is 28.1 Å². The lowest BCUT2D eigenvalue weighted by molar-refractivity contribution is -0.125. The summed E-state index contributed by atoms with van der Waals surface area (Å²) in [6.07, 6.45) is 6.81. The average molecular weight is 325 g/mol. The summed E-state index contributed by atoms with van der Waals surface area (Å²) in [5.74, 6) is 0.200. The van der Waals surface area contributed by atoms with Crippen LogP contribution in [0.1, 0.15) is 37.7 Å². The molecular weight excluding hydrogens is 308 g/mol. The number of amides is 1. The summed E-state index contributed by atoms with van der Waals surface area (Å²) in [6, 6.07) is 5.06. The molecule has 1 saturated carbocycles. The fourth-order valence-electron chi connectivity index (χ4n) is 2.25. The molecule has 2 rings (SSSR count). The number of halogens is 1. The van der Waals surface area contributed by atoms with Crippen LogP contribution in [-0.4, -0.2) is 17.2 Å². The number of hydrogen-bond donors (Lipinski definition) is 2. The van der Waals surface area contributed by atoms with E-state index >= 15 is 0 Å². The van der Waals surface area contributed by atoms with Gasteiger partial charge in [-0.3, -0.25) is 4.79 Å². The first-order valence-corrected chi connectivity index (χ1v) is 7.27. The predicted octanol–water partition coefficient (Wildman–Crippen LogP) is 3.19. The van der Waals surface area contributed by atoms with Crippen LogP contribution in [0.5, 0.6) is 5.75 Å². The first-order valence-electron chi connectivity index (χ1n) is 6.48. The van der Waals surface area contributed by atoms with Crippen molar-refractivity contribution in [2.45, 2.75) is 32.1 Å². The minimum absolute atomic E-state index is 0.0227. The highest BCUT2D eigenvalue weighted by atomic mass is 79.9. The molecule has 0 saturated heterocycles. The number of nitrogens with one attached hydrogen (secondary N) is 1. The smallest absolute Gasteiger partial charge is 0.243 e. The molecular formula is C14H17BrN2O2. The van der Waals surface area contributed by atoms with Crippen molar-refractivity contribution in [1.82, 2.24) is 5.43 Å². The molecule has 5 heteroatoms. The Bertz CT molecular complexity index is 482. The van der Waals surface area contributed by atoms with Crippen LogP contribution in [0.3, 0.4) is 0 Å². The second kappa shape index (κ2) is 6.70. The Hall–Kier alpha value is -1.36. The van der Waals surface area contributed by atoms with Crippen LogP contribution in [0.15, 0.2) is 27.8 Å². The summed E-state index contributed by atoms with van der Waals surface area (Å²) in [7, 11) is 0. The first kappa shape index (κ1) is 14.1. The van der Waals surface area contributed by atoms with Crippen molar-refractivity contribution in [3.05, 3.63) is 28.2 Å². The Labute approximate surface area is 121 Å². The van der Waals surface area contributed by atoms with Gasteiger partial charge in [0.05, 0.1) is 6.21 Å². The third-order valence-electron chi connectivity index (χ3n) is 3.34. The number of phenolic OH excluding ortho intramolecular Hbond substituents is 1. The Morgan fingerprint density at radius 1 is 1.37 bits per heavy atom. The fraction of sp³-hybridized carbons (Fsp3) is 0.429. The monoisotopic (exact) mass is 324 g/mol. The maximum Gasteiger partial charge on any atom is 0.243 e. The molecule has 0 radical (unpaired) electrons. The number of hydrazone groups is 1. The molecule has 0 aliphatic heterocycles. The van der Waals surface area contributed by atoms with Crippen LogP contribution in [0.2, 0.25) is 0 Å². The number of rotatable bonds is 3. The molecule has 2 N–H and O–H groups in total. The Balaban J connectivity index is 1.92. The SMILES string of the molecule is O=C(N/N=C/c1cc(Br)ccc1O)C1CCCCC1. The van der Waals surface area contributed by atoms with E-state index in [0.29, 0.717) is 5.56 Å². The van der Waals surface area contributed by atoms with E-state index in [9.17, 15) is 9.90 Å². The summed E-state index contributed by atoms with van der Waals surface area (Å²) in [6.45, 7) is 0. The van der Waals surface area contributed by atoms with E-state index in [4.69, 9.17) is 0 Å². The van der Waals surface area contributed by atoms with Gasteiger partial charge in [-0.25, -0.2) is 5.43 Å². The van der Waals surface area contributed by atoms with E-state index in [1.165, 1.54) is 12.6 Å². The highest BCUT2D eigenvalue weighted by molar-refractivity contribution is 9.10. The molecule has 0 aromatic heterocycles. The third-order valence-corrected chi connectivity index (χ3v) is 3.84. The molecule has 0 bridgehead atoms. The van der Waals surface area contributed by atoms with Crippen molar-refractivity contribution in [2.75, 3.05) is 0 Å². The second-order valence-corrected chi connectivity index (χ2v) is 5.69. The summed E-state index contributed by atoms with van der Waals surface area (Å²) in [5.41, 5.74) is 3.12. The highest BCUT2D eigenvalue weighted by Crippen LogP contribution is 2.23. The predicted molar refractivity (Wildman–Crippen MR) is 78.1 cm³/mol. The average Bonchev–Trinajstić information content (AvgIpc) is 2.43. The van der Waals surface area contributed by atoms with E-state index in [0.717, 1.165) is 30.2 Å². The van der Waals surface area contributed by atoms with Crippen LogP contribution in [0.4, 0.5) is 0 Å². The van der Waals surface area contributed by atoms with E-state index in [1.807, 2.05) is 0 Å². The number of benzene rings is 1. The molecule has 1 fully saturated rings. The number of aromatic hydroxyl groups is 1. The third kappa shape index (κ3) is 4.06. The second-order valence-electron chi connectivity index (χ2n) is 4.77. The molecule has 4 nitrogen and oxygen atoms in total. The molecule has 1 aromatic carbocycles. The quantitative estimate of drug-likeness (QED) is 0.662. The standard InChI is InChI=1S/C14H17BrN2O2/c15-12-6-7-13(18)11(8-12)9-16-17-14(19)10-4-2-1-3-5-10/h6-10,18H,1-5H2,(H,17,19)/b16-9+. The lowest BCUT2D eigenvalue weighted by Gasteiger charge is -2.19. The maximum absolute atomic E-state index is 11.8. The number of carbonyl (C=O) groups is 1. The first-order chi connectivity index (χ1) is 9.16. The Morgan fingerprint density at radius 3 is 2.84 bits per heavy atom. The summed E-state index contributed by atoms with van der Waals surface area (Å²) in [5, 5.41) is 13.5. The summed E-state index contributed by atoms with van der Waals surface area (Å²) >= 11 is 3.32. The van der Waals surface area contributed by atoms with E-state index < -0.39 is 0 Å². The van der Waals surface area contributed by atoms with Gasteiger partial charge in [-0.1, -0.05) is 35.2 Å². The highest BCUT2D eigenvalue weighted by Gasteiger charge is 2.20. The minimum Gasteiger partial charge on any atom is -0.507 e. The zero-order chi connectivity index (χ0) is 13.7. The molecule has 0 unspecified atom stereocenters. The lowest BCUT2D eigenvalue weighted by Crippen LogP contribution is -2.28. The van der Waals surface area contributed by atoms with Gasteiger partial charge >= 0.3 is 0 Å². The molecule has 1 aliphatic rings. The molecule has 0 atom stereocenters. The molecule has 102 valence electrons. The minimum atomic E-state index is -0.0227. The van der Waals surface area contributed by atoms with E-state index in [2.05, 4.69) is 26.5 Å². The van der Waals surface area contributed by atoms with Gasteiger partial charge < -0.3 is 5.11 Å². The Kier molecular flexibility index (Phi) is 4.96. The van der Waals surface area contributed by atoms with Crippen molar-refractivity contribution < 1.29 is 9.90 Å². The number of carbonyl (C=O) groups excluding carboxylic acids is 1. The van der Waals surface area contributed by atoms with E-state index in [-0.39, 0.29) is 17.6 Å². The van der Waals surface area contributed by atoms with Gasteiger partial charge in [-0.05, 0) is 31.0 Å². The number of nitrogens with zero attached hydrogens (tertiary/aromatic N) is 1. The van der Waals surface area contributed by atoms with Crippen LogP contribution in [0.25, 0.3) is 0 Å². The van der Waals surface area contributed by atoms with Crippen molar-refractivity contribution in [2.24, 2.45) is 11.0 Å². The lowest BCUT2D eigenvalue weighted by atomic mass is 9.89. The molecule has 1 aliphatic carbocycles. The van der Waals surface area contributed by atoms with Crippen LogP contribution in [-0.2, 0) is 4.79 Å². The molecule has 0 heterocycles. The zero-order valence-corrected chi connectivity index (χ0v) is 12.2. The van der Waals surface area contributed by atoms with Crippen LogP contribution < -0.4 is 5.43 Å². The van der Waals surface area contributed by atoms with Crippen LogP contribution in [0, 0.1) is 5.92 Å². The van der Waals surface area contributed by atoms with Crippen LogP contribution >= 0.6 is 15.9 Å². The van der Waals surface area contributed by atoms with Crippen molar-refractivity contribution in [1.29, 1.82) is 0 Å². The van der Waals surface area contributed by atoms with Gasteiger partial charge in [0.1, 0.15) is 5.75 Å². The van der Waals surface area contributed by atoms with Gasteiger partial charge in [-0.2, -0.15) is 5.10 Å². The topological polar surface area (TPSA) is 61.7 Å². The van der Waals surface area contributed by atoms with Crippen molar-refractivity contribution in [3.8, 4) is 5.75 Å². The summed E-state index contributed by atoms with van der Waals surface area (Å²) in [4.78, 5) is 11.8. The largest absolute Gasteiger partial charge is 0.507 e. The van der Waals surface area contributed by atoms with Gasteiger partial charge in [0.2, 0.25) is 5.91 Å². The fourth-order valence-corrected chi connectivity index (χ4v) is 2.63. The normalized spacial score (nSPS) is 16.7. The summed E-state index contributed by atoms with van der Waals surface area (Å²) < 4.78 is 0.852. The van der Waals surface area contributed by atoms with Gasteiger partial charge in [0.25, 0.3) is 0 Å². The maximum atomic E-state index is 11.8. The van der Waals surface area contributed by atoms with Gasteiger partial charge in [0, 0.05) is 16.0 Å².